The van der Waals surface area contributed by atoms with E-state index in [2.05, 4.69) is 10.5 Å². The van der Waals surface area contributed by atoms with E-state index >= 15 is 0 Å². The van der Waals surface area contributed by atoms with Crippen molar-refractivity contribution >= 4 is 23.3 Å². The molecule has 0 fully saturated rings. The van der Waals surface area contributed by atoms with Gasteiger partial charge in [0, 0.05) is 17.7 Å². The van der Waals surface area contributed by atoms with Gasteiger partial charge in [-0.1, -0.05) is 35.0 Å². The van der Waals surface area contributed by atoms with Crippen LogP contribution in [0, 0.1) is 13.8 Å². The predicted molar refractivity (Wildman–Crippen MR) is 76.7 cm³/mol. The van der Waals surface area contributed by atoms with Crippen LogP contribution >= 0.6 is 0 Å². The zero-order chi connectivity index (χ0) is 15.4. The maximum atomic E-state index is 11.7. The summed E-state index contributed by atoms with van der Waals surface area (Å²) in [7, 11) is 0. The molecular formula is C15H14N2O4. The molecule has 0 aliphatic heterocycles. The number of carbonyl (C=O) groups is 2. The lowest BCUT2D eigenvalue weighted by molar-refractivity contribution is -0.132. The van der Waals surface area contributed by atoms with Crippen LogP contribution in [-0.2, 0) is 9.59 Å². The first-order valence-electron chi connectivity index (χ1n) is 6.22. The maximum absolute atomic E-state index is 11.7. The highest BCUT2D eigenvalue weighted by atomic mass is 16.5. The minimum absolute atomic E-state index is 0.147. The molecule has 1 aromatic carbocycles. The molecule has 0 unspecified atom stereocenters. The average molecular weight is 286 g/mol. The summed E-state index contributed by atoms with van der Waals surface area (Å²) in [6, 6.07) is 8.39. The second-order valence-electron chi connectivity index (χ2n) is 4.54. The van der Waals surface area contributed by atoms with Crippen molar-refractivity contribution in [3.8, 4) is 0 Å². The van der Waals surface area contributed by atoms with Gasteiger partial charge in [-0.05, 0) is 13.8 Å². The van der Waals surface area contributed by atoms with Crippen LogP contribution in [0.3, 0.4) is 0 Å². The number of aromatic nitrogens is 1. The van der Waals surface area contributed by atoms with E-state index in [-0.39, 0.29) is 11.6 Å². The van der Waals surface area contributed by atoms with Crippen LogP contribution in [0.15, 0.2) is 40.9 Å². The molecule has 0 saturated heterocycles. The molecule has 2 N–H and O–H groups in total. The Balaban J connectivity index is 2.07. The largest absolute Gasteiger partial charge is 0.507 e. The number of benzene rings is 1. The zero-order valence-corrected chi connectivity index (χ0v) is 11.6. The van der Waals surface area contributed by atoms with Crippen molar-refractivity contribution in [2.45, 2.75) is 13.8 Å². The molecule has 6 nitrogen and oxygen atoms in total. The summed E-state index contributed by atoms with van der Waals surface area (Å²) in [6.45, 7) is 3.57. The molecule has 108 valence electrons. The molecule has 21 heavy (non-hydrogen) atoms. The Hall–Kier alpha value is -2.89. The molecule has 1 amide bonds. The Morgan fingerprint density at radius 3 is 2.48 bits per heavy atom. The first-order chi connectivity index (χ1) is 9.95. The van der Waals surface area contributed by atoms with Gasteiger partial charge in [-0.3, -0.25) is 9.59 Å². The van der Waals surface area contributed by atoms with E-state index < -0.39 is 11.7 Å². The summed E-state index contributed by atoms with van der Waals surface area (Å²) in [5, 5.41) is 15.6. The third-order valence-corrected chi connectivity index (χ3v) is 2.71. The number of rotatable bonds is 4. The average Bonchev–Trinajstić information content (AvgIpc) is 2.84. The number of aliphatic hydroxyl groups excluding tert-OH is 1. The van der Waals surface area contributed by atoms with Crippen LogP contribution in [0.4, 0.5) is 5.82 Å². The summed E-state index contributed by atoms with van der Waals surface area (Å²) in [5.74, 6) is -1.40. The number of hydrogen-bond donors (Lipinski definition) is 2. The molecule has 0 saturated carbocycles. The van der Waals surface area contributed by atoms with Gasteiger partial charge < -0.3 is 14.9 Å². The lowest BCUT2D eigenvalue weighted by Crippen LogP contribution is -2.21. The molecule has 2 aromatic rings. The van der Waals surface area contributed by atoms with Crippen LogP contribution in [0.25, 0.3) is 5.76 Å². The van der Waals surface area contributed by atoms with Crippen molar-refractivity contribution in [2.24, 2.45) is 0 Å². The van der Waals surface area contributed by atoms with Gasteiger partial charge in [-0.25, -0.2) is 0 Å². The summed E-state index contributed by atoms with van der Waals surface area (Å²) in [6.07, 6.45) is 0.868. The summed E-state index contributed by atoms with van der Waals surface area (Å²) < 4.78 is 4.77. The van der Waals surface area contributed by atoms with Crippen molar-refractivity contribution in [2.75, 3.05) is 5.32 Å². The number of nitrogens with zero attached hydrogens (tertiary/aromatic N) is 1. The normalized spacial score (nSPS) is 11.2. The molecule has 0 aliphatic carbocycles. The van der Waals surface area contributed by atoms with Gasteiger partial charge in [0.15, 0.2) is 5.82 Å². The topological polar surface area (TPSA) is 92.4 Å². The van der Waals surface area contributed by atoms with Crippen LogP contribution in [0.2, 0.25) is 0 Å². The Labute approximate surface area is 121 Å². The Morgan fingerprint density at radius 1 is 1.24 bits per heavy atom. The predicted octanol–water partition coefficient (Wildman–Crippen LogP) is 2.40. The molecule has 0 radical (unpaired) electrons. The fourth-order valence-corrected chi connectivity index (χ4v) is 1.60. The highest BCUT2D eigenvalue weighted by molar-refractivity contribution is 6.45. The number of hydrogen-bond acceptors (Lipinski definition) is 5. The summed E-state index contributed by atoms with van der Waals surface area (Å²) in [4.78, 5) is 23.3. The molecule has 0 spiro atoms. The number of nitrogens with one attached hydrogen (secondary N) is 1. The van der Waals surface area contributed by atoms with Crippen molar-refractivity contribution in [3.63, 3.8) is 0 Å². The molecular weight excluding hydrogens is 272 g/mol. The van der Waals surface area contributed by atoms with Gasteiger partial charge >= 0.3 is 0 Å². The van der Waals surface area contributed by atoms with E-state index in [1.807, 2.05) is 6.92 Å². The Morgan fingerprint density at radius 2 is 1.90 bits per heavy atom. The van der Waals surface area contributed by atoms with Crippen molar-refractivity contribution in [1.82, 2.24) is 5.16 Å². The third-order valence-electron chi connectivity index (χ3n) is 2.71. The lowest BCUT2D eigenvalue weighted by atomic mass is 10.1. The Bertz CT molecular complexity index is 699. The number of anilines is 1. The minimum atomic E-state index is -0.901. The standard InChI is InChI=1S/C15H14N2O4/c1-9-3-5-11(6-4-9)12(18)8-13(19)15(20)16-14-7-10(2)21-17-14/h3-8,18H,1-2H3,(H,16,17,20). The third kappa shape index (κ3) is 3.79. The van der Waals surface area contributed by atoms with Crippen molar-refractivity contribution in [3.05, 3.63) is 53.3 Å². The van der Waals surface area contributed by atoms with Gasteiger partial charge in [0.1, 0.15) is 11.5 Å². The number of amides is 1. The summed E-state index contributed by atoms with van der Waals surface area (Å²) in [5.41, 5.74) is 1.48. The SMILES string of the molecule is Cc1ccc(C(O)=CC(=O)C(=O)Nc2cc(C)on2)cc1. The van der Waals surface area contributed by atoms with Gasteiger partial charge in [0.05, 0.1) is 0 Å². The first kappa shape index (κ1) is 14.5. The second kappa shape index (κ2) is 6.04. The van der Waals surface area contributed by atoms with Crippen LogP contribution in [0.1, 0.15) is 16.9 Å². The van der Waals surface area contributed by atoms with E-state index in [1.165, 1.54) is 6.07 Å². The monoisotopic (exact) mass is 286 g/mol. The number of ketones is 1. The van der Waals surface area contributed by atoms with Gasteiger partial charge in [0.2, 0.25) is 5.78 Å². The van der Waals surface area contributed by atoms with Crippen molar-refractivity contribution in [1.29, 1.82) is 0 Å². The molecule has 6 heteroatoms. The van der Waals surface area contributed by atoms with E-state index in [1.54, 1.807) is 31.2 Å². The highest BCUT2D eigenvalue weighted by Crippen LogP contribution is 2.12. The first-order valence-corrected chi connectivity index (χ1v) is 6.22. The minimum Gasteiger partial charge on any atom is -0.507 e. The molecule has 1 heterocycles. The van der Waals surface area contributed by atoms with Gasteiger partial charge in [-0.15, -0.1) is 0 Å². The maximum Gasteiger partial charge on any atom is 0.297 e. The lowest BCUT2D eigenvalue weighted by Gasteiger charge is -2.01. The molecule has 0 bridgehead atoms. The quantitative estimate of drug-likeness (QED) is 0.511. The second-order valence-corrected chi connectivity index (χ2v) is 4.54. The molecule has 1 aromatic heterocycles. The number of aliphatic hydroxyl groups is 1. The zero-order valence-electron chi connectivity index (χ0n) is 11.6. The van der Waals surface area contributed by atoms with Crippen LogP contribution in [-0.4, -0.2) is 22.0 Å². The molecule has 0 atom stereocenters. The number of carbonyl (C=O) groups excluding carboxylic acids is 2. The highest BCUT2D eigenvalue weighted by Gasteiger charge is 2.14. The number of aryl methyl sites for hydroxylation is 2. The van der Waals surface area contributed by atoms with Crippen LogP contribution in [0.5, 0.6) is 0 Å². The fourth-order valence-electron chi connectivity index (χ4n) is 1.60. The van der Waals surface area contributed by atoms with Gasteiger partial charge in [-0.2, -0.15) is 0 Å². The smallest absolute Gasteiger partial charge is 0.297 e. The molecule has 0 aliphatic rings. The van der Waals surface area contributed by atoms with E-state index in [0.717, 1.165) is 11.6 Å². The molecule has 2 rings (SSSR count). The van der Waals surface area contributed by atoms with Crippen molar-refractivity contribution < 1.29 is 19.2 Å². The van der Waals surface area contributed by atoms with E-state index in [0.29, 0.717) is 11.3 Å². The fraction of sp³-hybridized carbons (Fsp3) is 0.133. The Kier molecular flexibility index (Phi) is 4.18. The van der Waals surface area contributed by atoms with E-state index in [9.17, 15) is 14.7 Å². The summed E-state index contributed by atoms with van der Waals surface area (Å²) >= 11 is 0. The van der Waals surface area contributed by atoms with Gasteiger partial charge in [0.25, 0.3) is 5.91 Å². The van der Waals surface area contributed by atoms with E-state index in [4.69, 9.17) is 4.52 Å². The van der Waals surface area contributed by atoms with Crippen LogP contribution < -0.4 is 5.32 Å².